The third kappa shape index (κ3) is 3.97. The van der Waals surface area contributed by atoms with Gasteiger partial charge in [-0.05, 0) is 50.3 Å². The van der Waals surface area contributed by atoms with Crippen LogP contribution in [-0.4, -0.2) is 32.5 Å². The van der Waals surface area contributed by atoms with Crippen molar-refractivity contribution >= 4 is 21.8 Å². The van der Waals surface area contributed by atoms with Crippen LogP contribution in [0.15, 0.2) is 29.2 Å². The van der Waals surface area contributed by atoms with Crippen molar-refractivity contribution < 1.29 is 8.42 Å². The predicted molar refractivity (Wildman–Crippen MR) is 84.5 cm³/mol. The average molecular weight is 314 g/mol. The summed E-state index contributed by atoms with van der Waals surface area (Å²) in [5, 5.41) is 3.03. The normalized spacial score (nSPS) is 23.1. The van der Waals surface area contributed by atoms with Gasteiger partial charge in [0.15, 0.2) is 0 Å². The van der Waals surface area contributed by atoms with E-state index in [0.717, 1.165) is 17.7 Å². The van der Waals surface area contributed by atoms with Gasteiger partial charge in [-0.2, -0.15) is 11.8 Å². The number of thioether (sulfide) groups is 1. The van der Waals surface area contributed by atoms with E-state index >= 15 is 0 Å². The second-order valence-corrected chi connectivity index (χ2v) is 8.85. The third-order valence-electron chi connectivity index (χ3n) is 3.53. The zero-order chi connectivity index (χ0) is 14.6. The fourth-order valence-corrected chi connectivity index (χ4v) is 4.91. The van der Waals surface area contributed by atoms with E-state index < -0.39 is 10.0 Å². The van der Waals surface area contributed by atoms with Crippen molar-refractivity contribution in [2.24, 2.45) is 0 Å². The van der Waals surface area contributed by atoms with Crippen molar-refractivity contribution in [3.8, 4) is 0 Å². The first kappa shape index (κ1) is 15.8. The molecule has 0 radical (unpaired) electrons. The Morgan fingerprint density at radius 2 is 2.20 bits per heavy atom. The van der Waals surface area contributed by atoms with E-state index in [1.165, 1.54) is 6.42 Å². The lowest BCUT2D eigenvalue weighted by molar-refractivity contribution is 0.552. The lowest BCUT2D eigenvalue weighted by atomic mass is 10.1. The van der Waals surface area contributed by atoms with E-state index in [1.807, 2.05) is 24.9 Å². The molecule has 0 aliphatic carbocycles. The lowest BCUT2D eigenvalue weighted by Crippen LogP contribution is -2.36. The molecule has 1 aromatic carbocycles. The van der Waals surface area contributed by atoms with E-state index in [9.17, 15) is 8.42 Å². The molecule has 112 valence electrons. The summed E-state index contributed by atoms with van der Waals surface area (Å²) in [4.78, 5) is 0.344. The molecule has 2 rings (SSSR count). The standard InChI is InChI=1S/C14H22N2O2S2/c1-14(7-4-8-19-14)11-16-20(17,18)13-6-3-5-12(9-13)10-15-2/h3,5-6,9,15-16H,4,7-8,10-11H2,1-2H3. The Bertz CT molecular complexity index is 552. The summed E-state index contributed by atoms with van der Waals surface area (Å²) in [5.41, 5.74) is 0.969. The molecule has 0 saturated carbocycles. The van der Waals surface area contributed by atoms with Gasteiger partial charge in [-0.25, -0.2) is 13.1 Å². The second kappa shape index (κ2) is 6.47. The Kier molecular flexibility index (Phi) is 5.12. The van der Waals surface area contributed by atoms with Crippen molar-refractivity contribution in [1.29, 1.82) is 0 Å². The lowest BCUT2D eigenvalue weighted by Gasteiger charge is -2.22. The van der Waals surface area contributed by atoms with Gasteiger partial charge in [0.1, 0.15) is 0 Å². The average Bonchev–Trinajstić information content (AvgIpc) is 2.85. The van der Waals surface area contributed by atoms with Crippen LogP contribution in [0, 0.1) is 0 Å². The van der Waals surface area contributed by atoms with Crippen molar-refractivity contribution in [3.05, 3.63) is 29.8 Å². The van der Waals surface area contributed by atoms with Gasteiger partial charge in [0.2, 0.25) is 10.0 Å². The molecule has 1 atom stereocenters. The van der Waals surface area contributed by atoms with E-state index in [2.05, 4.69) is 17.0 Å². The van der Waals surface area contributed by atoms with E-state index in [-0.39, 0.29) is 4.75 Å². The van der Waals surface area contributed by atoms with Crippen LogP contribution in [-0.2, 0) is 16.6 Å². The Morgan fingerprint density at radius 3 is 2.85 bits per heavy atom. The highest BCUT2D eigenvalue weighted by Crippen LogP contribution is 2.37. The van der Waals surface area contributed by atoms with Gasteiger partial charge in [-0.1, -0.05) is 12.1 Å². The summed E-state index contributed by atoms with van der Waals surface area (Å²) in [6.07, 6.45) is 2.24. The molecule has 2 N–H and O–H groups in total. The molecular weight excluding hydrogens is 292 g/mol. The van der Waals surface area contributed by atoms with Gasteiger partial charge in [0.05, 0.1) is 4.90 Å². The van der Waals surface area contributed by atoms with E-state index in [1.54, 1.807) is 18.2 Å². The van der Waals surface area contributed by atoms with Crippen molar-refractivity contribution in [2.45, 2.75) is 36.0 Å². The summed E-state index contributed by atoms with van der Waals surface area (Å²) in [7, 11) is -1.57. The quantitative estimate of drug-likeness (QED) is 0.843. The highest BCUT2D eigenvalue weighted by Gasteiger charge is 2.31. The summed E-state index contributed by atoms with van der Waals surface area (Å²) in [6.45, 7) is 3.29. The van der Waals surface area contributed by atoms with Crippen LogP contribution in [0.3, 0.4) is 0 Å². The molecule has 1 aliphatic rings. The maximum absolute atomic E-state index is 12.3. The zero-order valence-corrected chi connectivity index (χ0v) is 13.6. The van der Waals surface area contributed by atoms with Gasteiger partial charge in [0, 0.05) is 17.8 Å². The molecule has 1 aliphatic heterocycles. The largest absolute Gasteiger partial charge is 0.316 e. The summed E-state index contributed by atoms with van der Waals surface area (Å²) in [5.74, 6) is 1.12. The smallest absolute Gasteiger partial charge is 0.240 e. The first-order valence-electron chi connectivity index (χ1n) is 6.82. The minimum atomic E-state index is -3.42. The fourth-order valence-electron chi connectivity index (χ4n) is 2.33. The molecule has 1 aromatic rings. The minimum Gasteiger partial charge on any atom is -0.316 e. The maximum Gasteiger partial charge on any atom is 0.240 e. The number of sulfonamides is 1. The predicted octanol–water partition coefficient (Wildman–Crippen LogP) is 1.97. The molecule has 0 bridgehead atoms. The number of hydrogen-bond donors (Lipinski definition) is 2. The molecule has 1 fully saturated rings. The Labute approximate surface area is 125 Å². The summed E-state index contributed by atoms with van der Waals surface area (Å²) >= 11 is 1.85. The van der Waals surface area contributed by atoms with Gasteiger partial charge < -0.3 is 5.32 Å². The third-order valence-corrected chi connectivity index (χ3v) is 6.46. The van der Waals surface area contributed by atoms with Gasteiger partial charge in [-0.3, -0.25) is 0 Å². The van der Waals surface area contributed by atoms with Gasteiger partial charge in [0.25, 0.3) is 0 Å². The first-order chi connectivity index (χ1) is 9.45. The van der Waals surface area contributed by atoms with Crippen LogP contribution >= 0.6 is 11.8 Å². The van der Waals surface area contributed by atoms with Crippen LogP contribution in [0.4, 0.5) is 0 Å². The highest BCUT2D eigenvalue weighted by atomic mass is 32.2. The van der Waals surface area contributed by atoms with Crippen LogP contribution in [0.2, 0.25) is 0 Å². The van der Waals surface area contributed by atoms with E-state index in [4.69, 9.17) is 0 Å². The molecule has 6 heteroatoms. The molecule has 1 heterocycles. The highest BCUT2D eigenvalue weighted by molar-refractivity contribution is 8.01. The van der Waals surface area contributed by atoms with Crippen LogP contribution in [0.25, 0.3) is 0 Å². The van der Waals surface area contributed by atoms with Crippen LogP contribution in [0.1, 0.15) is 25.3 Å². The second-order valence-electron chi connectivity index (χ2n) is 5.40. The monoisotopic (exact) mass is 314 g/mol. The number of benzene rings is 1. The maximum atomic E-state index is 12.3. The van der Waals surface area contributed by atoms with Gasteiger partial charge in [-0.15, -0.1) is 0 Å². The van der Waals surface area contributed by atoms with Crippen molar-refractivity contribution in [2.75, 3.05) is 19.3 Å². The molecular formula is C14H22N2O2S2. The Hall–Kier alpha value is -0.560. The molecule has 0 spiro atoms. The fraction of sp³-hybridized carbons (Fsp3) is 0.571. The zero-order valence-electron chi connectivity index (χ0n) is 12.0. The topological polar surface area (TPSA) is 58.2 Å². The minimum absolute atomic E-state index is 0.0374. The first-order valence-corrected chi connectivity index (χ1v) is 9.29. The SMILES string of the molecule is CNCc1cccc(S(=O)(=O)NCC2(C)CCCS2)c1. The van der Waals surface area contributed by atoms with Crippen LogP contribution < -0.4 is 10.0 Å². The summed E-state index contributed by atoms with van der Waals surface area (Å²) < 4.78 is 27.5. The number of rotatable bonds is 6. The molecule has 4 nitrogen and oxygen atoms in total. The molecule has 0 amide bonds. The number of nitrogens with one attached hydrogen (secondary N) is 2. The summed E-state index contributed by atoms with van der Waals surface area (Å²) in [6, 6.07) is 7.07. The van der Waals surface area contributed by atoms with Crippen LogP contribution in [0.5, 0.6) is 0 Å². The van der Waals surface area contributed by atoms with E-state index in [0.29, 0.717) is 18.0 Å². The Balaban J connectivity index is 2.07. The van der Waals surface area contributed by atoms with Crippen molar-refractivity contribution in [3.63, 3.8) is 0 Å². The molecule has 0 aromatic heterocycles. The molecule has 1 unspecified atom stereocenters. The van der Waals surface area contributed by atoms with Gasteiger partial charge >= 0.3 is 0 Å². The molecule has 20 heavy (non-hydrogen) atoms. The Morgan fingerprint density at radius 1 is 1.40 bits per heavy atom. The molecule has 1 saturated heterocycles. The number of hydrogen-bond acceptors (Lipinski definition) is 4. The van der Waals surface area contributed by atoms with Crippen molar-refractivity contribution in [1.82, 2.24) is 10.0 Å².